The number of alkyl halides is 1. The predicted molar refractivity (Wildman–Crippen MR) is 80.4 cm³/mol. The lowest BCUT2D eigenvalue weighted by Crippen LogP contribution is -2.35. The summed E-state index contributed by atoms with van der Waals surface area (Å²) in [5.74, 6) is 1.56. The van der Waals surface area contributed by atoms with Crippen LogP contribution >= 0.6 is 11.6 Å². The second kappa shape index (κ2) is 6.47. The van der Waals surface area contributed by atoms with Crippen molar-refractivity contribution in [2.24, 2.45) is 5.92 Å². The normalized spacial score (nSPS) is 23.9. The van der Waals surface area contributed by atoms with Crippen LogP contribution in [-0.2, 0) is 5.88 Å². The second-order valence-electron chi connectivity index (χ2n) is 5.46. The molecule has 2 rings (SSSR count). The number of para-hydroxylation sites is 1. The topological polar surface area (TPSA) is 3.24 Å². The molecular weight excluding hydrogens is 242 g/mol. The van der Waals surface area contributed by atoms with Gasteiger partial charge in [-0.25, -0.2) is 0 Å². The number of halogens is 1. The first-order valence-corrected chi connectivity index (χ1v) is 7.66. The summed E-state index contributed by atoms with van der Waals surface area (Å²) in [6, 6.07) is 9.21. The van der Waals surface area contributed by atoms with Crippen molar-refractivity contribution < 1.29 is 0 Å². The van der Waals surface area contributed by atoms with E-state index in [1.165, 1.54) is 43.4 Å². The Balaban J connectivity index is 2.05. The summed E-state index contributed by atoms with van der Waals surface area (Å²) in [6.07, 6.45) is 6.76. The molecule has 100 valence electrons. The number of benzene rings is 1. The van der Waals surface area contributed by atoms with Crippen molar-refractivity contribution in [2.75, 3.05) is 11.9 Å². The van der Waals surface area contributed by atoms with Gasteiger partial charge in [0.25, 0.3) is 0 Å². The summed E-state index contributed by atoms with van der Waals surface area (Å²) < 4.78 is 0. The maximum atomic E-state index is 6.03. The van der Waals surface area contributed by atoms with E-state index in [0.717, 1.165) is 5.92 Å². The Kier molecular flexibility index (Phi) is 4.94. The Morgan fingerprint density at radius 3 is 2.44 bits per heavy atom. The van der Waals surface area contributed by atoms with Gasteiger partial charge in [-0.15, -0.1) is 11.6 Å². The first kappa shape index (κ1) is 13.7. The maximum absolute atomic E-state index is 6.03. The minimum Gasteiger partial charge on any atom is -0.371 e. The van der Waals surface area contributed by atoms with Gasteiger partial charge >= 0.3 is 0 Å². The summed E-state index contributed by atoms with van der Waals surface area (Å²) in [5, 5.41) is 0. The third-order valence-electron chi connectivity index (χ3n) is 4.46. The molecule has 1 aliphatic carbocycles. The molecule has 1 fully saturated rings. The zero-order valence-corrected chi connectivity index (χ0v) is 12.3. The van der Waals surface area contributed by atoms with Crippen LogP contribution in [0.4, 0.5) is 5.69 Å². The molecule has 0 amide bonds. The van der Waals surface area contributed by atoms with Gasteiger partial charge in [-0.1, -0.05) is 31.5 Å². The quantitative estimate of drug-likeness (QED) is 0.705. The summed E-state index contributed by atoms with van der Waals surface area (Å²) in [5.41, 5.74) is 2.56. The van der Waals surface area contributed by atoms with Crippen LogP contribution in [0.5, 0.6) is 0 Å². The Morgan fingerprint density at radius 2 is 1.83 bits per heavy atom. The van der Waals surface area contributed by atoms with Crippen LogP contribution in [-0.4, -0.2) is 13.1 Å². The van der Waals surface area contributed by atoms with Crippen molar-refractivity contribution in [1.82, 2.24) is 0 Å². The SMILES string of the molecule is CCC1CCC(N(C)c2ccccc2CCl)CC1. The van der Waals surface area contributed by atoms with Crippen molar-refractivity contribution in [3.05, 3.63) is 29.8 Å². The fourth-order valence-corrected chi connectivity index (χ4v) is 3.33. The molecule has 0 saturated heterocycles. The van der Waals surface area contributed by atoms with E-state index in [0.29, 0.717) is 11.9 Å². The monoisotopic (exact) mass is 265 g/mol. The van der Waals surface area contributed by atoms with Crippen molar-refractivity contribution in [2.45, 2.75) is 50.9 Å². The Morgan fingerprint density at radius 1 is 1.17 bits per heavy atom. The van der Waals surface area contributed by atoms with E-state index in [9.17, 15) is 0 Å². The van der Waals surface area contributed by atoms with Crippen LogP contribution in [0, 0.1) is 5.92 Å². The first-order chi connectivity index (χ1) is 8.76. The van der Waals surface area contributed by atoms with Crippen molar-refractivity contribution in [1.29, 1.82) is 0 Å². The second-order valence-corrected chi connectivity index (χ2v) is 5.72. The van der Waals surface area contributed by atoms with E-state index in [1.54, 1.807) is 0 Å². The van der Waals surface area contributed by atoms with E-state index in [1.807, 2.05) is 0 Å². The summed E-state index contributed by atoms with van der Waals surface area (Å²) in [7, 11) is 2.22. The predicted octanol–water partition coefficient (Wildman–Crippen LogP) is 4.83. The molecule has 1 aromatic carbocycles. The molecule has 0 radical (unpaired) electrons. The molecule has 1 saturated carbocycles. The molecule has 0 N–H and O–H groups in total. The van der Waals surface area contributed by atoms with Crippen LogP contribution in [0.15, 0.2) is 24.3 Å². The molecular formula is C16H24ClN. The summed E-state index contributed by atoms with van der Waals surface area (Å²) >= 11 is 6.03. The highest BCUT2D eigenvalue weighted by molar-refractivity contribution is 6.17. The lowest BCUT2D eigenvalue weighted by atomic mass is 9.84. The molecule has 0 heterocycles. The van der Waals surface area contributed by atoms with Gasteiger partial charge in [0, 0.05) is 24.7 Å². The van der Waals surface area contributed by atoms with Gasteiger partial charge in [0.15, 0.2) is 0 Å². The lowest BCUT2D eigenvalue weighted by Gasteiger charge is -2.36. The van der Waals surface area contributed by atoms with Gasteiger partial charge in [-0.3, -0.25) is 0 Å². The van der Waals surface area contributed by atoms with Gasteiger partial charge < -0.3 is 4.90 Å². The third-order valence-corrected chi connectivity index (χ3v) is 4.74. The fourth-order valence-electron chi connectivity index (χ4n) is 3.11. The van der Waals surface area contributed by atoms with Crippen LogP contribution in [0.1, 0.15) is 44.6 Å². The Hall–Kier alpha value is -0.690. The molecule has 0 unspecified atom stereocenters. The smallest absolute Gasteiger partial charge is 0.0494 e. The highest BCUT2D eigenvalue weighted by Gasteiger charge is 2.23. The molecule has 1 aliphatic rings. The van der Waals surface area contributed by atoms with Crippen LogP contribution < -0.4 is 4.90 Å². The van der Waals surface area contributed by atoms with E-state index in [-0.39, 0.29) is 0 Å². The lowest BCUT2D eigenvalue weighted by molar-refractivity contribution is 0.313. The van der Waals surface area contributed by atoms with Gasteiger partial charge in [0.2, 0.25) is 0 Å². The molecule has 1 nitrogen and oxygen atoms in total. The van der Waals surface area contributed by atoms with Crippen LogP contribution in [0.25, 0.3) is 0 Å². The fraction of sp³-hybridized carbons (Fsp3) is 0.625. The average molecular weight is 266 g/mol. The van der Waals surface area contributed by atoms with Crippen LogP contribution in [0.3, 0.4) is 0 Å². The average Bonchev–Trinajstić information content (AvgIpc) is 2.46. The minimum atomic E-state index is 0.602. The molecule has 0 spiro atoms. The van der Waals surface area contributed by atoms with E-state index in [2.05, 4.69) is 43.1 Å². The third kappa shape index (κ3) is 3.00. The summed E-state index contributed by atoms with van der Waals surface area (Å²) in [6.45, 7) is 2.32. The first-order valence-electron chi connectivity index (χ1n) is 7.13. The minimum absolute atomic E-state index is 0.602. The molecule has 0 aromatic heterocycles. The van der Waals surface area contributed by atoms with Crippen molar-refractivity contribution >= 4 is 17.3 Å². The summed E-state index contributed by atoms with van der Waals surface area (Å²) in [4.78, 5) is 2.45. The maximum Gasteiger partial charge on any atom is 0.0494 e. The highest BCUT2D eigenvalue weighted by Crippen LogP contribution is 2.32. The molecule has 2 heteroatoms. The standard InChI is InChI=1S/C16H24ClN/c1-3-13-8-10-15(11-9-13)18(2)16-7-5-4-6-14(16)12-17/h4-7,13,15H,3,8-12H2,1-2H3. The zero-order chi connectivity index (χ0) is 13.0. The number of hydrogen-bond donors (Lipinski definition) is 0. The van der Waals surface area contributed by atoms with Gasteiger partial charge in [0.05, 0.1) is 0 Å². The van der Waals surface area contributed by atoms with E-state index in [4.69, 9.17) is 11.6 Å². The molecule has 0 atom stereocenters. The number of anilines is 1. The molecule has 1 aromatic rings. The molecule has 18 heavy (non-hydrogen) atoms. The van der Waals surface area contributed by atoms with Crippen molar-refractivity contribution in [3.8, 4) is 0 Å². The van der Waals surface area contributed by atoms with E-state index >= 15 is 0 Å². The number of rotatable bonds is 4. The van der Waals surface area contributed by atoms with Gasteiger partial charge in [0.1, 0.15) is 0 Å². The van der Waals surface area contributed by atoms with Gasteiger partial charge in [-0.2, -0.15) is 0 Å². The highest BCUT2D eigenvalue weighted by atomic mass is 35.5. The number of nitrogens with zero attached hydrogens (tertiary/aromatic N) is 1. The zero-order valence-electron chi connectivity index (χ0n) is 11.5. The molecule has 0 aliphatic heterocycles. The van der Waals surface area contributed by atoms with E-state index < -0.39 is 0 Å². The van der Waals surface area contributed by atoms with Gasteiger partial charge in [-0.05, 0) is 43.2 Å². The Labute approximate surface area is 116 Å². The Bertz CT molecular complexity index is 369. The molecule has 0 bridgehead atoms. The van der Waals surface area contributed by atoms with Crippen LogP contribution in [0.2, 0.25) is 0 Å². The van der Waals surface area contributed by atoms with Crippen molar-refractivity contribution in [3.63, 3.8) is 0 Å². The largest absolute Gasteiger partial charge is 0.371 e. The number of hydrogen-bond acceptors (Lipinski definition) is 1.